The summed E-state index contributed by atoms with van der Waals surface area (Å²) in [5.74, 6) is 0. The van der Waals surface area contributed by atoms with Gasteiger partial charge in [-0.3, -0.25) is 0 Å². The minimum atomic E-state index is -0.198. The van der Waals surface area contributed by atoms with Crippen LogP contribution in [0.25, 0.3) is 0 Å². The second-order valence-electron chi connectivity index (χ2n) is 3.37. The lowest BCUT2D eigenvalue weighted by atomic mass is 10.3. The zero-order chi connectivity index (χ0) is 12.1. The molecular formula is C12H11BrN2OS. The number of para-hydroxylation sites is 1. The van der Waals surface area contributed by atoms with E-state index in [1.165, 1.54) is 0 Å². The molecule has 0 bridgehead atoms. The molecule has 1 heterocycles. The van der Waals surface area contributed by atoms with Gasteiger partial charge < -0.3 is 10.6 Å². The van der Waals surface area contributed by atoms with Gasteiger partial charge in [0.1, 0.15) is 0 Å². The van der Waals surface area contributed by atoms with Crippen LogP contribution in [0.2, 0.25) is 0 Å². The van der Waals surface area contributed by atoms with Gasteiger partial charge in [-0.15, -0.1) is 11.3 Å². The van der Waals surface area contributed by atoms with Gasteiger partial charge in [0.15, 0.2) is 0 Å². The molecule has 2 aromatic rings. The average Bonchev–Trinajstić information content (AvgIpc) is 2.74. The Hall–Kier alpha value is -1.33. The van der Waals surface area contributed by atoms with Crippen LogP contribution in [0.3, 0.4) is 0 Å². The van der Waals surface area contributed by atoms with Crippen LogP contribution in [0.4, 0.5) is 10.5 Å². The van der Waals surface area contributed by atoms with Crippen LogP contribution in [0.5, 0.6) is 0 Å². The number of rotatable bonds is 3. The summed E-state index contributed by atoms with van der Waals surface area (Å²) in [6.07, 6.45) is 0. The highest BCUT2D eigenvalue weighted by Crippen LogP contribution is 2.22. The number of hydrogen-bond acceptors (Lipinski definition) is 2. The molecule has 0 saturated carbocycles. The molecule has 0 aliphatic carbocycles. The molecule has 0 atom stereocenters. The molecule has 0 fully saturated rings. The fourth-order valence-corrected chi connectivity index (χ4v) is 2.74. The van der Waals surface area contributed by atoms with Crippen LogP contribution in [-0.4, -0.2) is 6.03 Å². The molecule has 88 valence electrons. The third-order valence-electron chi connectivity index (χ3n) is 2.13. The summed E-state index contributed by atoms with van der Waals surface area (Å²) in [5, 5.41) is 7.55. The van der Waals surface area contributed by atoms with E-state index in [4.69, 9.17) is 0 Å². The Kier molecular flexibility index (Phi) is 4.17. The highest BCUT2D eigenvalue weighted by molar-refractivity contribution is 9.10. The monoisotopic (exact) mass is 310 g/mol. The first-order valence-corrected chi connectivity index (χ1v) is 6.75. The largest absolute Gasteiger partial charge is 0.333 e. The standard InChI is InChI=1S/C12H11BrN2OS/c13-10-6-7-17-11(10)8-14-12(16)15-9-4-2-1-3-5-9/h1-7H,8H2,(H2,14,15,16). The maximum absolute atomic E-state index is 11.6. The molecule has 0 spiro atoms. The van der Waals surface area contributed by atoms with Gasteiger partial charge >= 0.3 is 6.03 Å². The fraction of sp³-hybridized carbons (Fsp3) is 0.0833. The number of anilines is 1. The highest BCUT2D eigenvalue weighted by atomic mass is 79.9. The Bertz CT molecular complexity index is 498. The van der Waals surface area contributed by atoms with Crippen molar-refractivity contribution in [2.75, 3.05) is 5.32 Å². The summed E-state index contributed by atoms with van der Waals surface area (Å²) in [4.78, 5) is 12.7. The van der Waals surface area contributed by atoms with E-state index >= 15 is 0 Å². The first kappa shape index (κ1) is 12.1. The number of thiophene rings is 1. The summed E-state index contributed by atoms with van der Waals surface area (Å²) in [7, 11) is 0. The van der Waals surface area contributed by atoms with Gasteiger partial charge in [0.05, 0.1) is 6.54 Å². The van der Waals surface area contributed by atoms with Crippen molar-refractivity contribution in [1.82, 2.24) is 5.32 Å². The zero-order valence-corrected chi connectivity index (χ0v) is 11.3. The maximum Gasteiger partial charge on any atom is 0.319 e. The lowest BCUT2D eigenvalue weighted by molar-refractivity contribution is 0.252. The molecule has 2 amide bonds. The Labute approximate surface area is 112 Å². The number of carbonyl (C=O) groups is 1. The first-order chi connectivity index (χ1) is 8.25. The van der Waals surface area contributed by atoms with Crippen LogP contribution in [0.15, 0.2) is 46.3 Å². The molecule has 2 N–H and O–H groups in total. The number of benzene rings is 1. The van der Waals surface area contributed by atoms with Gasteiger partial charge in [-0.05, 0) is 39.5 Å². The quantitative estimate of drug-likeness (QED) is 0.888. The van der Waals surface area contributed by atoms with Gasteiger partial charge in [-0.1, -0.05) is 18.2 Å². The minimum Gasteiger partial charge on any atom is -0.333 e. The van der Waals surface area contributed by atoms with Crippen LogP contribution in [0, 0.1) is 0 Å². The molecule has 0 saturated heterocycles. The van der Waals surface area contributed by atoms with E-state index in [1.807, 2.05) is 41.8 Å². The van der Waals surface area contributed by atoms with E-state index in [2.05, 4.69) is 26.6 Å². The molecule has 0 unspecified atom stereocenters. The lowest BCUT2D eigenvalue weighted by Crippen LogP contribution is -2.27. The second-order valence-corrected chi connectivity index (χ2v) is 5.22. The van der Waals surface area contributed by atoms with Crippen molar-refractivity contribution in [3.8, 4) is 0 Å². The molecule has 3 nitrogen and oxygen atoms in total. The molecule has 2 rings (SSSR count). The molecule has 1 aromatic carbocycles. The fourth-order valence-electron chi connectivity index (χ4n) is 1.31. The van der Waals surface area contributed by atoms with Crippen LogP contribution >= 0.6 is 27.3 Å². The molecular weight excluding hydrogens is 300 g/mol. The van der Waals surface area contributed by atoms with Crippen molar-refractivity contribution in [3.63, 3.8) is 0 Å². The van der Waals surface area contributed by atoms with Crippen molar-refractivity contribution in [1.29, 1.82) is 0 Å². The molecule has 0 radical (unpaired) electrons. The summed E-state index contributed by atoms with van der Waals surface area (Å²) in [6.45, 7) is 0.525. The smallest absolute Gasteiger partial charge is 0.319 e. The number of nitrogens with one attached hydrogen (secondary N) is 2. The predicted molar refractivity (Wildman–Crippen MR) is 74.3 cm³/mol. The van der Waals surface area contributed by atoms with Gasteiger partial charge in [0.2, 0.25) is 0 Å². The van der Waals surface area contributed by atoms with Crippen molar-refractivity contribution in [2.24, 2.45) is 0 Å². The van der Waals surface area contributed by atoms with Crippen molar-refractivity contribution < 1.29 is 4.79 Å². The highest BCUT2D eigenvalue weighted by Gasteiger charge is 2.04. The van der Waals surface area contributed by atoms with Crippen molar-refractivity contribution in [3.05, 3.63) is 51.1 Å². The Balaban J connectivity index is 1.84. The lowest BCUT2D eigenvalue weighted by Gasteiger charge is -2.06. The summed E-state index contributed by atoms with van der Waals surface area (Å²) in [5.41, 5.74) is 0.787. The van der Waals surface area contributed by atoms with E-state index < -0.39 is 0 Å². The first-order valence-electron chi connectivity index (χ1n) is 5.07. The Morgan fingerprint density at radius 1 is 1.24 bits per heavy atom. The Morgan fingerprint density at radius 3 is 2.65 bits per heavy atom. The SMILES string of the molecule is O=C(NCc1sccc1Br)Nc1ccccc1. The van der Waals surface area contributed by atoms with E-state index in [0.717, 1.165) is 15.0 Å². The van der Waals surface area contributed by atoms with Crippen molar-refractivity contribution >= 4 is 39.0 Å². The molecule has 1 aromatic heterocycles. The molecule has 0 aliphatic heterocycles. The summed E-state index contributed by atoms with van der Waals surface area (Å²) < 4.78 is 1.03. The number of halogens is 1. The minimum absolute atomic E-state index is 0.198. The molecule has 17 heavy (non-hydrogen) atoms. The number of carbonyl (C=O) groups excluding carboxylic acids is 1. The average molecular weight is 311 g/mol. The number of amides is 2. The third kappa shape index (κ3) is 3.57. The van der Waals surface area contributed by atoms with Crippen LogP contribution in [-0.2, 0) is 6.54 Å². The summed E-state index contributed by atoms with van der Waals surface area (Å²) in [6, 6.07) is 11.1. The topological polar surface area (TPSA) is 41.1 Å². The normalized spacial score (nSPS) is 9.94. The summed E-state index contributed by atoms with van der Waals surface area (Å²) >= 11 is 5.03. The van der Waals surface area contributed by atoms with E-state index in [9.17, 15) is 4.79 Å². The Morgan fingerprint density at radius 2 is 2.00 bits per heavy atom. The predicted octanol–water partition coefficient (Wildman–Crippen LogP) is 3.83. The zero-order valence-electron chi connectivity index (χ0n) is 8.94. The molecule has 0 aliphatic rings. The van der Waals surface area contributed by atoms with Crippen LogP contribution < -0.4 is 10.6 Å². The second kappa shape index (κ2) is 5.84. The van der Waals surface area contributed by atoms with E-state index in [-0.39, 0.29) is 6.03 Å². The van der Waals surface area contributed by atoms with Gasteiger partial charge in [-0.25, -0.2) is 4.79 Å². The van der Waals surface area contributed by atoms with E-state index in [1.54, 1.807) is 11.3 Å². The van der Waals surface area contributed by atoms with Crippen LogP contribution in [0.1, 0.15) is 4.88 Å². The van der Waals surface area contributed by atoms with Gasteiger partial charge in [0, 0.05) is 15.0 Å². The number of hydrogen-bond donors (Lipinski definition) is 2. The van der Waals surface area contributed by atoms with E-state index in [0.29, 0.717) is 6.54 Å². The number of urea groups is 1. The third-order valence-corrected chi connectivity index (χ3v) is 4.06. The maximum atomic E-state index is 11.6. The molecule has 5 heteroatoms. The van der Waals surface area contributed by atoms with Crippen molar-refractivity contribution in [2.45, 2.75) is 6.54 Å². The van der Waals surface area contributed by atoms with Gasteiger partial charge in [-0.2, -0.15) is 0 Å². The van der Waals surface area contributed by atoms with Gasteiger partial charge in [0.25, 0.3) is 0 Å².